The number of hydrogen-bond donors (Lipinski definition) is 1. The zero-order valence-electron chi connectivity index (χ0n) is 17.0. The lowest BCUT2D eigenvalue weighted by atomic mass is 10.1. The number of carbonyl (C=O) groups is 1. The Hall–Kier alpha value is -3.93. The van der Waals surface area contributed by atoms with Gasteiger partial charge >= 0.3 is 5.97 Å². The van der Waals surface area contributed by atoms with E-state index in [2.05, 4.69) is 26.9 Å². The maximum Gasteiger partial charge on any atom is 0.335 e. The molecule has 0 atom stereocenters. The van der Waals surface area contributed by atoms with Gasteiger partial charge in [0.15, 0.2) is 0 Å². The summed E-state index contributed by atoms with van der Waals surface area (Å²) < 4.78 is 0. The number of piperazine rings is 1. The Balaban J connectivity index is 1.42. The molecule has 2 aromatic carbocycles. The Labute approximate surface area is 180 Å². The minimum Gasteiger partial charge on any atom is -0.478 e. The molecule has 1 N–H and O–H groups in total. The van der Waals surface area contributed by atoms with E-state index in [1.54, 1.807) is 18.3 Å². The molecule has 1 saturated heterocycles. The van der Waals surface area contributed by atoms with Gasteiger partial charge in [-0.25, -0.2) is 9.78 Å². The van der Waals surface area contributed by atoms with Crippen LogP contribution < -0.4 is 9.80 Å². The molecule has 1 fully saturated rings. The first-order chi connectivity index (χ1) is 15.2. The molecule has 0 aliphatic carbocycles. The first kappa shape index (κ1) is 19.1. The third-order valence-corrected chi connectivity index (χ3v) is 5.72. The van der Waals surface area contributed by atoms with E-state index in [0.717, 1.165) is 54.2 Å². The number of hydrogen-bond acceptors (Lipinski definition) is 5. The normalized spacial score (nSPS) is 14.1. The minimum absolute atomic E-state index is 0.313. The standard InChI is InChI=1S/C25H22N4O2/c30-25(31)18-8-10-19(11-9-18)28-13-15-29(16-14-28)24-17-23(22-7-3-4-12-26-22)27-21-6-2-1-5-20(21)24/h1-12,17H,13-16H2,(H,30,31). The third kappa shape index (κ3) is 3.80. The summed E-state index contributed by atoms with van der Waals surface area (Å²) in [7, 11) is 0. The molecule has 0 radical (unpaired) electrons. The summed E-state index contributed by atoms with van der Waals surface area (Å²) in [5, 5.41) is 10.2. The van der Waals surface area contributed by atoms with Crippen LogP contribution in [0, 0.1) is 0 Å². The second-order valence-electron chi connectivity index (χ2n) is 7.58. The molecule has 0 amide bonds. The van der Waals surface area contributed by atoms with Gasteiger partial charge in [-0.2, -0.15) is 0 Å². The van der Waals surface area contributed by atoms with Gasteiger partial charge in [0.05, 0.1) is 22.5 Å². The predicted molar refractivity (Wildman–Crippen MR) is 123 cm³/mol. The van der Waals surface area contributed by atoms with Crippen molar-refractivity contribution >= 4 is 28.2 Å². The summed E-state index contributed by atoms with van der Waals surface area (Å²) in [5.41, 5.74) is 5.25. The number of rotatable bonds is 4. The van der Waals surface area contributed by atoms with Crippen molar-refractivity contribution in [3.8, 4) is 11.4 Å². The van der Waals surface area contributed by atoms with Crippen molar-refractivity contribution in [2.45, 2.75) is 0 Å². The lowest BCUT2D eigenvalue weighted by molar-refractivity contribution is 0.0697. The lowest BCUT2D eigenvalue weighted by Gasteiger charge is -2.38. The van der Waals surface area contributed by atoms with Gasteiger partial charge in [-0.3, -0.25) is 4.98 Å². The molecule has 6 nitrogen and oxygen atoms in total. The van der Waals surface area contributed by atoms with Crippen LogP contribution in [0.3, 0.4) is 0 Å². The van der Waals surface area contributed by atoms with Gasteiger partial charge in [0.2, 0.25) is 0 Å². The number of aromatic nitrogens is 2. The fraction of sp³-hybridized carbons (Fsp3) is 0.160. The van der Waals surface area contributed by atoms with Gasteiger partial charge in [0.25, 0.3) is 0 Å². The molecule has 2 aromatic heterocycles. The molecule has 0 bridgehead atoms. The predicted octanol–water partition coefficient (Wildman–Crippen LogP) is 4.32. The number of carboxylic acids is 1. The number of pyridine rings is 2. The summed E-state index contributed by atoms with van der Waals surface area (Å²) in [4.78, 5) is 25.1. The fourth-order valence-electron chi connectivity index (χ4n) is 4.08. The van der Waals surface area contributed by atoms with E-state index in [4.69, 9.17) is 10.1 Å². The van der Waals surface area contributed by atoms with Crippen LogP contribution in [0.5, 0.6) is 0 Å². The topological polar surface area (TPSA) is 69.6 Å². The largest absolute Gasteiger partial charge is 0.478 e. The third-order valence-electron chi connectivity index (χ3n) is 5.72. The molecular weight excluding hydrogens is 388 g/mol. The van der Waals surface area contributed by atoms with E-state index in [0.29, 0.717) is 5.56 Å². The van der Waals surface area contributed by atoms with Crippen molar-refractivity contribution in [2.75, 3.05) is 36.0 Å². The molecule has 1 aliphatic heterocycles. The maximum atomic E-state index is 11.1. The van der Waals surface area contributed by atoms with Gasteiger partial charge in [-0.1, -0.05) is 24.3 Å². The molecule has 6 heteroatoms. The SMILES string of the molecule is O=C(O)c1ccc(N2CCN(c3cc(-c4ccccn4)nc4ccccc34)CC2)cc1. The van der Waals surface area contributed by atoms with E-state index >= 15 is 0 Å². The Morgan fingerprint density at radius 3 is 2.23 bits per heavy atom. The summed E-state index contributed by atoms with van der Waals surface area (Å²) in [6, 6.07) is 23.4. The molecule has 3 heterocycles. The number of nitrogens with zero attached hydrogens (tertiary/aromatic N) is 4. The zero-order chi connectivity index (χ0) is 21.2. The number of benzene rings is 2. The Morgan fingerprint density at radius 1 is 0.806 bits per heavy atom. The maximum absolute atomic E-state index is 11.1. The highest BCUT2D eigenvalue weighted by molar-refractivity contribution is 5.94. The number of aromatic carboxylic acids is 1. The van der Waals surface area contributed by atoms with Crippen molar-refractivity contribution in [2.24, 2.45) is 0 Å². The highest BCUT2D eigenvalue weighted by atomic mass is 16.4. The molecule has 0 unspecified atom stereocenters. The van der Waals surface area contributed by atoms with Gasteiger partial charge in [0.1, 0.15) is 0 Å². The van der Waals surface area contributed by atoms with Crippen LogP contribution in [0.25, 0.3) is 22.3 Å². The van der Waals surface area contributed by atoms with Gasteiger partial charge in [-0.05, 0) is 48.5 Å². The van der Waals surface area contributed by atoms with Crippen molar-refractivity contribution < 1.29 is 9.90 Å². The number of carboxylic acid groups (broad SMARTS) is 1. The van der Waals surface area contributed by atoms with Crippen LogP contribution in [-0.4, -0.2) is 47.2 Å². The van der Waals surface area contributed by atoms with Crippen LogP contribution in [-0.2, 0) is 0 Å². The zero-order valence-corrected chi connectivity index (χ0v) is 17.0. The van der Waals surface area contributed by atoms with Crippen LogP contribution in [0.1, 0.15) is 10.4 Å². The quantitative estimate of drug-likeness (QED) is 0.540. The summed E-state index contributed by atoms with van der Waals surface area (Å²) in [6.45, 7) is 3.47. The molecule has 31 heavy (non-hydrogen) atoms. The molecule has 4 aromatic rings. The first-order valence-electron chi connectivity index (χ1n) is 10.3. The van der Waals surface area contributed by atoms with E-state index in [-0.39, 0.29) is 0 Å². The van der Waals surface area contributed by atoms with E-state index in [9.17, 15) is 4.79 Å². The van der Waals surface area contributed by atoms with Gasteiger partial charge < -0.3 is 14.9 Å². The Morgan fingerprint density at radius 2 is 1.52 bits per heavy atom. The molecule has 5 rings (SSSR count). The Bertz CT molecular complexity index is 1220. The second kappa shape index (κ2) is 8.07. The molecule has 1 aliphatic rings. The highest BCUT2D eigenvalue weighted by Gasteiger charge is 2.20. The van der Waals surface area contributed by atoms with Crippen molar-refractivity contribution in [1.82, 2.24) is 9.97 Å². The monoisotopic (exact) mass is 410 g/mol. The van der Waals surface area contributed by atoms with Crippen LogP contribution in [0.2, 0.25) is 0 Å². The Kier molecular flexibility index (Phi) is 4.96. The molecule has 0 saturated carbocycles. The van der Waals surface area contributed by atoms with Crippen molar-refractivity contribution in [3.05, 3.63) is 84.6 Å². The van der Waals surface area contributed by atoms with E-state index in [1.165, 1.54) is 5.69 Å². The van der Waals surface area contributed by atoms with Crippen molar-refractivity contribution in [1.29, 1.82) is 0 Å². The fourth-order valence-corrected chi connectivity index (χ4v) is 4.08. The second-order valence-corrected chi connectivity index (χ2v) is 7.58. The average Bonchev–Trinajstić information content (AvgIpc) is 2.84. The molecule has 0 spiro atoms. The molecular formula is C25H22N4O2. The number of fused-ring (bicyclic) bond motifs is 1. The average molecular weight is 410 g/mol. The smallest absolute Gasteiger partial charge is 0.335 e. The number of anilines is 2. The number of para-hydroxylation sites is 1. The van der Waals surface area contributed by atoms with Crippen LogP contribution >= 0.6 is 0 Å². The van der Waals surface area contributed by atoms with Crippen molar-refractivity contribution in [3.63, 3.8) is 0 Å². The summed E-state index contributed by atoms with van der Waals surface area (Å²) in [5.74, 6) is -0.898. The van der Waals surface area contributed by atoms with E-state index < -0.39 is 5.97 Å². The van der Waals surface area contributed by atoms with Crippen LogP contribution in [0.15, 0.2) is 79.0 Å². The van der Waals surface area contributed by atoms with Crippen LogP contribution in [0.4, 0.5) is 11.4 Å². The summed E-state index contributed by atoms with van der Waals surface area (Å²) in [6.07, 6.45) is 1.79. The summed E-state index contributed by atoms with van der Waals surface area (Å²) >= 11 is 0. The van der Waals surface area contributed by atoms with E-state index in [1.807, 2.05) is 48.5 Å². The molecule has 154 valence electrons. The van der Waals surface area contributed by atoms with Gasteiger partial charge in [0, 0.05) is 49.1 Å². The lowest BCUT2D eigenvalue weighted by Crippen LogP contribution is -2.46. The highest BCUT2D eigenvalue weighted by Crippen LogP contribution is 2.31. The minimum atomic E-state index is -0.898. The van der Waals surface area contributed by atoms with Gasteiger partial charge in [-0.15, -0.1) is 0 Å². The first-order valence-corrected chi connectivity index (χ1v) is 10.3.